The minimum absolute atomic E-state index is 0.890. The van der Waals surface area contributed by atoms with Crippen LogP contribution in [0.3, 0.4) is 0 Å². The molecule has 0 atom stereocenters. The van der Waals surface area contributed by atoms with Crippen LogP contribution in [0.4, 0.5) is 0 Å². The Labute approximate surface area is 89.8 Å². The molecule has 0 aliphatic heterocycles. The molecule has 3 nitrogen and oxygen atoms in total. The number of nitrogens with one attached hydrogen (secondary N) is 1. The summed E-state index contributed by atoms with van der Waals surface area (Å²) in [4.78, 5) is 4.22. The van der Waals surface area contributed by atoms with Crippen molar-refractivity contribution in [3.8, 4) is 5.69 Å². The maximum absolute atomic E-state index is 4.22. The number of hydrogen-bond donors (Lipinski definition) is 1. The summed E-state index contributed by atoms with van der Waals surface area (Å²) in [6.07, 6.45) is 3.80. The predicted molar refractivity (Wildman–Crippen MR) is 61.1 cm³/mol. The van der Waals surface area contributed by atoms with Crippen LogP contribution in [0.1, 0.15) is 11.4 Å². The van der Waals surface area contributed by atoms with Gasteiger partial charge in [-0.15, -0.1) is 0 Å². The van der Waals surface area contributed by atoms with Crippen LogP contribution in [0.2, 0.25) is 0 Å². The monoisotopic (exact) mass is 201 g/mol. The summed E-state index contributed by atoms with van der Waals surface area (Å²) in [5, 5.41) is 3.15. The molecule has 0 bridgehead atoms. The Hall–Kier alpha value is -1.61. The molecule has 1 aromatic carbocycles. The number of rotatable bonds is 3. The van der Waals surface area contributed by atoms with Crippen molar-refractivity contribution < 1.29 is 0 Å². The minimum atomic E-state index is 0.890. The van der Waals surface area contributed by atoms with E-state index in [1.807, 2.05) is 26.4 Å². The van der Waals surface area contributed by atoms with Gasteiger partial charge in [-0.1, -0.05) is 12.1 Å². The van der Waals surface area contributed by atoms with Gasteiger partial charge in [0.1, 0.15) is 5.82 Å². The highest BCUT2D eigenvalue weighted by molar-refractivity contribution is 5.36. The fourth-order valence-electron chi connectivity index (χ4n) is 1.67. The Balaban J connectivity index is 2.37. The van der Waals surface area contributed by atoms with Crippen LogP contribution in [-0.4, -0.2) is 16.6 Å². The normalized spacial score (nSPS) is 10.5. The number of benzene rings is 1. The molecule has 0 saturated carbocycles. The SMILES string of the molecule is CNCc1cccc(-n2ccnc2C)c1. The van der Waals surface area contributed by atoms with Gasteiger partial charge in [-0.25, -0.2) is 4.98 Å². The molecule has 0 aliphatic carbocycles. The zero-order valence-electron chi connectivity index (χ0n) is 9.07. The molecule has 0 spiro atoms. The van der Waals surface area contributed by atoms with Gasteiger partial charge in [0.05, 0.1) is 0 Å². The van der Waals surface area contributed by atoms with E-state index in [9.17, 15) is 0 Å². The first-order valence-corrected chi connectivity index (χ1v) is 5.05. The van der Waals surface area contributed by atoms with Gasteiger partial charge in [0.15, 0.2) is 0 Å². The third kappa shape index (κ3) is 2.07. The Morgan fingerprint density at radius 2 is 2.27 bits per heavy atom. The minimum Gasteiger partial charge on any atom is -0.316 e. The van der Waals surface area contributed by atoms with Crippen LogP contribution >= 0.6 is 0 Å². The van der Waals surface area contributed by atoms with Crippen molar-refractivity contribution >= 4 is 0 Å². The molecule has 0 saturated heterocycles. The molecule has 3 heteroatoms. The van der Waals surface area contributed by atoms with Gasteiger partial charge in [0.25, 0.3) is 0 Å². The van der Waals surface area contributed by atoms with Crippen LogP contribution in [0.25, 0.3) is 5.69 Å². The Morgan fingerprint density at radius 3 is 2.93 bits per heavy atom. The van der Waals surface area contributed by atoms with Gasteiger partial charge < -0.3 is 9.88 Å². The lowest BCUT2D eigenvalue weighted by Gasteiger charge is -2.07. The zero-order chi connectivity index (χ0) is 10.7. The van der Waals surface area contributed by atoms with Crippen molar-refractivity contribution in [1.82, 2.24) is 14.9 Å². The number of hydrogen-bond acceptors (Lipinski definition) is 2. The molecule has 2 aromatic rings. The molecular weight excluding hydrogens is 186 g/mol. The Kier molecular flexibility index (Phi) is 2.83. The van der Waals surface area contributed by atoms with Gasteiger partial charge in [-0.05, 0) is 31.7 Å². The van der Waals surface area contributed by atoms with Crippen LogP contribution in [0, 0.1) is 6.92 Å². The lowest BCUT2D eigenvalue weighted by atomic mass is 10.2. The molecule has 0 amide bonds. The highest BCUT2D eigenvalue weighted by Crippen LogP contribution is 2.12. The predicted octanol–water partition coefficient (Wildman–Crippen LogP) is 1.90. The van der Waals surface area contributed by atoms with E-state index < -0.39 is 0 Å². The molecule has 0 unspecified atom stereocenters. The van der Waals surface area contributed by atoms with Crippen molar-refractivity contribution in [3.63, 3.8) is 0 Å². The second-order valence-electron chi connectivity index (χ2n) is 3.54. The molecular formula is C12H15N3. The molecule has 1 heterocycles. The Morgan fingerprint density at radius 1 is 1.40 bits per heavy atom. The van der Waals surface area contributed by atoms with E-state index in [0.717, 1.165) is 18.1 Å². The van der Waals surface area contributed by atoms with Gasteiger partial charge in [0.2, 0.25) is 0 Å². The first kappa shape index (κ1) is 9.93. The van der Waals surface area contributed by atoms with E-state index in [0.29, 0.717) is 0 Å². The number of nitrogens with zero attached hydrogens (tertiary/aromatic N) is 2. The van der Waals surface area contributed by atoms with Crippen molar-refractivity contribution in [1.29, 1.82) is 0 Å². The second-order valence-corrected chi connectivity index (χ2v) is 3.54. The average Bonchev–Trinajstić information content (AvgIpc) is 2.65. The molecule has 78 valence electrons. The number of aryl methyl sites for hydroxylation is 1. The first-order valence-electron chi connectivity index (χ1n) is 5.05. The summed E-state index contributed by atoms with van der Waals surface area (Å²) in [5.41, 5.74) is 2.45. The molecule has 0 aliphatic rings. The lowest BCUT2D eigenvalue weighted by Crippen LogP contribution is -2.05. The first-order chi connectivity index (χ1) is 7.31. The summed E-state index contributed by atoms with van der Waals surface area (Å²) >= 11 is 0. The van der Waals surface area contributed by atoms with Gasteiger partial charge in [-0.2, -0.15) is 0 Å². The standard InChI is InChI=1S/C12H15N3/c1-10-14-6-7-15(10)12-5-3-4-11(8-12)9-13-2/h3-8,13H,9H2,1-2H3. The largest absolute Gasteiger partial charge is 0.316 e. The van der Waals surface area contributed by atoms with Crippen molar-refractivity contribution in [2.45, 2.75) is 13.5 Å². The Bertz CT molecular complexity index is 446. The molecule has 1 aromatic heterocycles. The third-order valence-corrected chi connectivity index (χ3v) is 2.40. The fourth-order valence-corrected chi connectivity index (χ4v) is 1.67. The summed E-state index contributed by atoms with van der Waals surface area (Å²) in [6, 6.07) is 8.45. The van der Waals surface area contributed by atoms with Crippen molar-refractivity contribution in [3.05, 3.63) is 48.0 Å². The van der Waals surface area contributed by atoms with Crippen LogP contribution in [0.15, 0.2) is 36.7 Å². The quantitative estimate of drug-likeness (QED) is 0.822. The molecule has 0 fully saturated rings. The van der Waals surface area contributed by atoms with E-state index in [4.69, 9.17) is 0 Å². The van der Waals surface area contributed by atoms with E-state index in [-0.39, 0.29) is 0 Å². The maximum Gasteiger partial charge on any atom is 0.110 e. The number of imidazole rings is 1. The van der Waals surface area contributed by atoms with Crippen molar-refractivity contribution in [2.24, 2.45) is 0 Å². The summed E-state index contributed by atoms with van der Waals surface area (Å²) in [6.45, 7) is 2.90. The highest BCUT2D eigenvalue weighted by Gasteiger charge is 2.00. The van der Waals surface area contributed by atoms with Crippen LogP contribution in [0.5, 0.6) is 0 Å². The van der Waals surface area contributed by atoms with E-state index in [1.54, 1.807) is 0 Å². The fraction of sp³-hybridized carbons (Fsp3) is 0.250. The smallest absolute Gasteiger partial charge is 0.110 e. The van der Waals surface area contributed by atoms with Gasteiger partial charge >= 0.3 is 0 Å². The summed E-state index contributed by atoms with van der Waals surface area (Å²) in [7, 11) is 1.95. The second kappa shape index (κ2) is 4.28. The van der Waals surface area contributed by atoms with Gasteiger partial charge in [-0.3, -0.25) is 0 Å². The van der Waals surface area contributed by atoms with Crippen molar-refractivity contribution in [2.75, 3.05) is 7.05 Å². The summed E-state index contributed by atoms with van der Waals surface area (Å²) in [5.74, 6) is 1.01. The molecule has 15 heavy (non-hydrogen) atoms. The van der Waals surface area contributed by atoms with Crippen LogP contribution in [-0.2, 0) is 6.54 Å². The number of aromatic nitrogens is 2. The molecule has 0 radical (unpaired) electrons. The highest BCUT2D eigenvalue weighted by atomic mass is 15.1. The topological polar surface area (TPSA) is 29.9 Å². The summed E-state index contributed by atoms with van der Waals surface area (Å²) < 4.78 is 2.08. The van der Waals surface area contributed by atoms with E-state index >= 15 is 0 Å². The van der Waals surface area contributed by atoms with E-state index in [1.165, 1.54) is 5.56 Å². The van der Waals surface area contributed by atoms with E-state index in [2.05, 4.69) is 39.1 Å². The van der Waals surface area contributed by atoms with Crippen LogP contribution < -0.4 is 5.32 Å². The molecule has 1 N–H and O–H groups in total. The lowest BCUT2D eigenvalue weighted by molar-refractivity contribution is 0.815. The average molecular weight is 201 g/mol. The third-order valence-electron chi connectivity index (χ3n) is 2.40. The zero-order valence-corrected chi connectivity index (χ0v) is 9.07. The molecule has 2 rings (SSSR count). The van der Waals surface area contributed by atoms with Gasteiger partial charge in [0, 0.05) is 24.6 Å². The maximum atomic E-state index is 4.22.